The summed E-state index contributed by atoms with van der Waals surface area (Å²) in [7, 11) is 0. The largest absolute Gasteiger partial charge is 0.459 e. The lowest BCUT2D eigenvalue weighted by molar-refractivity contribution is 0.0105. The number of rotatable bonds is 4. The van der Waals surface area contributed by atoms with Gasteiger partial charge in [-0.1, -0.05) is 46.3 Å². The third-order valence-electron chi connectivity index (χ3n) is 4.29. The van der Waals surface area contributed by atoms with Crippen LogP contribution in [0, 0.1) is 0 Å². The molecule has 1 aliphatic rings. The fourth-order valence-corrected chi connectivity index (χ4v) is 3.34. The van der Waals surface area contributed by atoms with Crippen molar-refractivity contribution < 1.29 is 9.53 Å². The number of anilines is 1. The molecule has 0 saturated carbocycles. The maximum Gasteiger partial charge on any atom is 0.340 e. The molecule has 4 nitrogen and oxygen atoms in total. The maximum atomic E-state index is 12.3. The van der Waals surface area contributed by atoms with Crippen LogP contribution >= 0.6 is 28.3 Å². The number of nitrogens with two attached hydrogens (primary N) is 1. The first-order valence-electron chi connectivity index (χ1n) is 8.14. The second-order valence-electron chi connectivity index (χ2n) is 6.10. The standard InChI is InChI=1S/C19H21BrN2O2.ClH/c20-15-6-7-17(18(21)12-15)19(23)24-16-8-10-22(11-9-16)13-14-4-2-1-3-5-14;/h1-7,12,16H,8-11,13,21H2;1H. The van der Waals surface area contributed by atoms with Gasteiger partial charge in [-0.25, -0.2) is 4.79 Å². The molecule has 0 aromatic heterocycles. The summed E-state index contributed by atoms with van der Waals surface area (Å²) in [6.07, 6.45) is 1.68. The van der Waals surface area contributed by atoms with Gasteiger partial charge in [-0.2, -0.15) is 0 Å². The fourth-order valence-electron chi connectivity index (χ4n) is 2.96. The average Bonchev–Trinajstić information content (AvgIpc) is 2.57. The van der Waals surface area contributed by atoms with Gasteiger partial charge in [0.1, 0.15) is 6.10 Å². The number of benzene rings is 2. The molecule has 2 aromatic rings. The van der Waals surface area contributed by atoms with E-state index in [4.69, 9.17) is 10.5 Å². The van der Waals surface area contributed by atoms with Crippen LogP contribution in [-0.2, 0) is 11.3 Å². The molecule has 0 unspecified atom stereocenters. The Morgan fingerprint density at radius 1 is 1.16 bits per heavy atom. The number of piperidine rings is 1. The molecule has 0 bridgehead atoms. The third kappa shape index (κ3) is 5.46. The molecule has 1 aliphatic heterocycles. The van der Waals surface area contributed by atoms with Gasteiger partial charge >= 0.3 is 5.97 Å². The minimum absolute atomic E-state index is 0. The van der Waals surface area contributed by atoms with Crippen LogP contribution in [0.15, 0.2) is 53.0 Å². The summed E-state index contributed by atoms with van der Waals surface area (Å²) < 4.78 is 6.49. The number of esters is 1. The topological polar surface area (TPSA) is 55.6 Å². The van der Waals surface area contributed by atoms with Crippen molar-refractivity contribution in [3.63, 3.8) is 0 Å². The van der Waals surface area contributed by atoms with Crippen LogP contribution in [0.3, 0.4) is 0 Å². The Labute approximate surface area is 162 Å². The van der Waals surface area contributed by atoms with Crippen LogP contribution < -0.4 is 5.73 Å². The van der Waals surface area contributed by atoms with Crippen molar-refractivity contribution >= 4 is 40.0 Å². The van der Waals surface area contributed by atoms with Crippen LogP contribution in [0.5, 0.6) is 0 Å². The Bertz CT molecular complexity index is 704. The molecule has 2 N–H and O–H groups in total. The van der Waals surface area contributed by atoms with Crippen LogP contribution in [-0.4, -0.2) is 30.1 Å². The van der Waals surface area contributed by atoms with E-state index in [0.717, 1.165) is 36.9 Å². The monoisotopic (exact) mass is 424 g/mol. The van der Waals surface area contributed by atoms with E-state index in [9.17, 15) is 4.79 Å². The van der Waals surface area contributed by atoms with Crippen molar-refractivity contribution in [2.45, 2.75) is 25.5 Å². The highest BCUT2D eigenvalue weighted by molar-refractivity contribution is 9.10. The molecule has 1 saturated heterocycles. The molecule has 0 aliphatic carbocycles. The van der Waals surface area contributed by atoms with Gasteiger partial charge in [0.2, 0.25) is 0 Å². The van der Waals surface area contributed by atoms with Gasteiger partial charge in [0.15, 0.2) is 0 Å². The number of carbonyl (C=O) groups is 1. The highest BCUT2D eigenvalue weighted by Gasteiger charge is 2.23. The van der Waals surface area contributed by atoms with E-state index in [2.05, 4.69) is 45.1 Å². The zero-order chi connectivity index (χ0) is 16.9. The quantitative estimate of drug-likeness (QED) is 0.587. The molecule has 6 heteroatoms. The lowest BCUT2D eigenvalue weighted by Gasteiger charge is -2.31. The lowest BCUT2D eigenvalue weighted by atomic mass is 10.1. The summed E-state index contributed by atoms with van der Waals surface area (Å²) in [6.45, 7) is 2.81. The van der Waals surface area contributed by atoms with Gasteiger partial charge in [0.05, 0.1) is 5.56 Å². The van der Waals surface area contributed by atoms with Crippen LogP contribution in [0.1, 0.15) is 28.8 Å². The SMILES string of the molecule is Cl.Nc1cc(Br)ccc1C(=O)OC1CCN(Cc2ccccc2)CC1. The first kappa shape index (κ1) is 19.8. The number of ether oxygens (including phenoxy) is 1. The summed E-state index contributed by atoms with van der Waals surface area (Å²) in [5.41, 5.74) is 8.09. The molecule has 0 radical (unpaired) electrons. The normalized spacial score (nSPS) is 15.4. The molecule has 25 heavy (non-hydrogen) atoms. The zero-order valence-corrected chi connectivity index (χ0v) is 16.3. The van der Waals surface area contributed by atoms with Crippen LogP contribution in [0.4, 0.5) is 5.69 Å². The van der Waals surface area contributed by atoms with E-state index in [0.29, 0.717) is 11.3 Å². The van der Waals surface area contributed by atoms with Gasteiger partial charge in [-0.15, -0.1) is 12.4 Å². The van der Waals surface area contributed by atoms with Gasteiger partial charge in [-0.3, -0.25) is 4.90 Å². The summed E-state index contributed by atoms with van der Waals surface area (Å²) in [6, 6.07) is 15.7. The van der Waals surface area contributed by atoms with Crippen LogP contribution in [0.25, 0.3) is 0 Å². The van der Waals surface area contributed by atoms with Gasteiger partial charge in [-0.05, 0) is 36.6 Å². The fraction of sp³-hybridized carbons (Fsp3) is 0.316. The first-order chi connectivity index (χ1) is 11.6. The molecule has 0 spiro atoms. The maximum absolute atomic E-state index is 12.3. The number of nitrogen functional groups attached to an aromatic ring is 1. The molecule has 0 amide bonds. The highest BCUT2D eigenvalue weighted by Crippen LogP contribution is 2.22. The second kappa shape index (κ2) is 9.22. The molecular weight excluding hydrogens is 404 g/mol. The van der Waals surface area contributed by atoms with E-state index in [1.54, 1.807) is 18.2 Å². The molecule has 3 rings (SSSR count). The molecule has 134 valence electrons. The van der Waals surface area contributed by atoms with Crippen molar-refractivity contribution in [2.24, 2.45) is 0 Å². The van der Waals surface area contributed by atoms with Crippen LogP contribution in [0.2, 0.25) is 0 Å². The van der Waals surface area contributed by atoms with E-state index in [-0.39, 0.29) is 24.5 Å². The number of hydrogen-bond donors (Lipinski definition) is 1. The number of hydrogen-bond acceptors (Lipinski definition) is 4. The Balaban J connectivity index is 0.00000225. The highest BCUT2D eigenvalue weighted by atomic mass is 79.9. The summed E-state index contributed by atoms with van der Waals surface area (Å²) in [5.74, 6) is -0.332. The van der Waals surface area contributed by atoms with E-state index in [1.807, 2.05) is 6.07 Å². The number of carbonyl (C=O) groups excluding carboxylic acids is 1. The van der Waals surface area contributed by atoms with Crippen molar-refractivity contribution in [1.82, 2.24) is 4.90 Å². The van der Waals surface area contributed by atoms with Crippen molar-refractivity contribution in [3.8, 4) is 0 Å². The second-order valence-corrected chi connectivity index (χ2v) is 7.01. The third-order valence-corrected chi connectivity index (χ3v) is 4.78. The summed E-state index contributed by atoms with van der Waals surface area (Å²) >= 11 is 3.34. The van der Waals surface area contributed by atoms with Gasteiger partial charge < -0.3 is 10.5 Å². The Hall–Kier alpha value is -1.56. The Morgan fingerprint density at radius 2 is 1.84 bits per heavy atom. The first-order valence-corrected chi connectivity index (χ1v) is 8.93. The minimum Gasteiger partial charge on any atom is -0.459 e. The summed E-state index contributed by atoms with van der Waals surface area (Å²) in [5, 5.41) is 0. The molecule has 1 fully saturated rings. The van der Waals surface area contributed by atoms with Crippen molar-refractivity contribution in [2.75, 3.05) is 18.8 Å². The summed E-state index contributed by atoms with van der Waals surface area (Å²) in [4.78, 5) is 14.7. The van der Waals surface area contributed by atoms with Crippen molar-refractivity contribution in [1.29, 1.82) is 0 Å². The molecule has 2 aromatic carbocycles. The lowest BCUT2D eigenvalue weighted by Crippen LogP contribution is -2.37. The van der Waals surface area contributed by atoms with E-state index >= 15 is 0 Å². The average molecular weight is 426 g/mol. The number of likely N-dealkylation sites (tertiary alicyclic amines) is 1. The van der Waals surface area contributed by atoms with Crippen molar-refractivity contribution in [3.05, 3.63) is 64.1 Å². The molecule has 1 heterocycles. The van der Waals surface area contributed by atoms with Gasteiger partial charge in [0, 0.05) is 29.8 Å². The smallest absolute Gasteiger partial charge is 0.340 e. The predicted octanol–water partition coefficient (Wildman–Crippen LogP) is 4.27. The number of halogens is 2. The number of nitrogens with zero attached hydrogens (tertiary/aromatic N) is 1. The minimum atomic E-state index is -0.332. The molecular formula is C19H22BrClN2O2. The molecule has 0 atom stereocenters. The van der Waals surface area contributed by atoms with E-state index < -0.39 is 0 Å². The van der Waals surface area contributed by atoms with Gasteiger partial charge in [0.25, 0.3) is 0 Å². The predicted molar refractivity (Wildman–Crippen MR) is 106 cm³/mol. The zero-order valence-electron chi connectivity index (χ0n) is 13.9. The Kier molecular flexibility index (Phi) is 7.29. The Morgan fingerprint density at radius 3 is 2.48 bits per heavy atom. The van der Waals surface area contributed by atoms with E-state index in [1.165, 1.54) is 5.56 Å².